The van der Waals surface area contributed by atoms with Crippen LogP contribution in [0.15, 0.2) is 82.4 Å². The van der Waals surface area contributed by atoms with E-state index in [1.165, 1.54) is 18.2 Å². The number of amides is 1. The van der Waals surface area contributed by atoms with Gasteiger partial charge in [0.1, 0.15) is 4.21 Å². The summed E-state index contributed by atoms with van der Waals surface area (Å²) in [4.78, 5) is 13.3. The van der Waals surface area contributed by atoms with Gasteiger partial charge in [-0.3, -0.25) is 4.79 Å². The number of thiophene rings is 1. The molecule has 4 aromatic rings. The smallest absolute Gasteiger partial charge is 0.322 e. The minimum Gasteiger partial charge on any atom is -0.322 e. The number of anilines is 1. The number of alkyl halides is 3. The van der Waals surface area contributed by atoms with E-state index in [-0.39, 0.29) is 17.1 Å². The third-order valence-corrected chi connectivity index (χ3v) is 9.54. The molecule has 4 N–H and O–H groups in total. The average molecular weight is 572 g/mol. The van der Waals surface area contributed by atoms with Gasteiger partial charge in [-0.2, -0.15) is 17.9 Å². The number of benzene rings is 3. The Morgan fingerprint density at radius 3 is 2.36 bits per heavy atom. The van der Waals surface area contributed by atoms with Crippen molar-refractivity contribution in [2.75, 3.05) is 5.32 Å². The molecule has 0 fully saturated rings. The minimum atomic E-state index is -4.46. The first-order valence-electron chi connectivity index (χ1n) is 11.9. The molecule has 0 saturated heterocycles. The Morgan fingerprint density at radius 1 is 0.974 bits per heavy atom. The lowest BCUT2D eigenvalue weighted by Gasteiger charge is -2.24. The summed E-state index contributed by atoms with van der Waals surface area (Å²) in [5, 5.41) is 4.54. The highest BCUT2D eigenvalue weighted by molar-refractivity contribution is 7.91. The van der Waals surface area contributed by atoms with Crippen LogP contribution in [0.4, 0.5) is 18.9 Å². The number of halogens is 3. The fourth-order valence-electron chi connectivity index (χ4n) is 4.85. The van der Waals surface area contributed by atoms with Crippen molar-refractivity contribution in [3.8, 4) is 11.1 Å². The molecule has 5 rings (SSSR count). The quantitative estimate of drug-likeness (QED) is 0.258. The van der Waals surface area contributed by atoms with Crippen molar-refractivity contribution in [1.82, 2.24) is 4.72 Å². The number of carbonyl (C=O) groups is 1. The van der Waals surface area contributed by atoms with Gasteiger partial charge in [0.2, 0.25) is 0 Å². The van der Waals surface area contributed by atoms with E-state index in [4.69, 9.17) is 5.73 Å². The van der Waals surface area contributed by atoms with Crippen molar-refractivity contribution >= 4 is 33.0 Å². The Morgan fingerprint density at radius 2 is 1.69 bits per heavy atom. The molecule has 39 heavy (non-hydrogen) atoms. The van der Waals surface area contributed by atoms with Crippen LogP contribution >= 0.6 is 11.3 Å². The highest BCUT2D eigenvalue weighted by Crippen LogP contribution is 2.34. The van der Waals surface area contributed by atoms with Gasteiger partial charge in [0.05, 0.1) is 11.2 Å². The van der Waals surface area contributed by atoms with Crippen LogP contribution in [-0.4, -0.2) is 20.0 Å². The molecule has 1 heterocycles. The zero-order chi connectivity index (χ0) is 28.0. The molecular weight excluding hydrogens is 547 g/mol. The molecule has 1 aromatic heterocycles. The number of sulfonamides is 1. The first-order chi connectivity index (χ1) is 18.3. The van der Waals surface area contributed by atoms with Crippen LogP contribution in [0.25, 0.3) is 11.1 Å². The third kappa shape index (κ3) is 5.62. The summed E-state index contributed by atoms with van der Waals surface area (Å²) in [5.41, 5.74) is 8.70. The molecular formula is C28H24F3N3O3S2. The number of carbonyl (C=O) groups excluding carboxylic acids is 1. The largest absolute Gasteiger partial charge is 0.416 e. The maximum absolute atomic E-state index is 13.3. The normalized spacial score (nSPS) is 17.2. The molecule has 0 unspecified atom stereocenters. The van der Waals surface area contributed by atoms with Crippen molar-refractivity contribution < 1.29 is 26.4 Å². The van der Waals surface area contributed by atoms with Gasteiger partial charge in [0.25, 0.3) is 15.9 Å². The molecule has 6 nitrogen and oxygen atoms in total. The van der Waals surface area contributed by atoms with Crippen molar-refractivity contribution in [1.29, 1.82) is 0 Å². The van der Waals surface area contributed by atoms with Crippen LogP contribution in [0.5, 0.6) is 0 Å². The second kappa shape index (κ2) is 9.91. The molecule has 0 radical (unpaired) electrons. The third-order valence-electron chi connectivity index (χ3n) is 6.59. The Bertz CT molecular complexity index is 1650. The highest BCUT2D eigenvalue weighted by atomic mass is 32.2. The Kier molecular flexibility index (Phi) is 6.88. The van der Waals surface area contributed by atoms with Gasteiger partial charge in [-0.25, -0.2) is 8.42 Å². The second-order valence-electron chi connectivity index (χ2n) is 9.56. The van der Waals surface area contributed by atoms with Crippen LogP contribution in [-0.2, 0) is 29.0 Å². The number of hydrogen-bond acceptors (Lipinski definition) is 5. The van der Waals surface area contributed by atoms with E-state index in [1.807, 2.05) is 0 Å². The van der Waals surface area contributed by atoms with Gasteiger partial charge < -0.3 is 11.1 Å². The number of rotatable bonds is 6. The van der Waals surface area contributed by atoms with Crippen molar-refractivity contribution in [3.05, 3.63) is 106 Å². The fraction of sp³-hybridized carbons (Fsp3) is 0.179. The topological polar surface area (TPSA) is 101 Å². The van der Waals surface area contributed by atoms with Crippen molar-refractivity contribution in [2.24, 2.45) is 5.73 Å². The summed E-state index contributed by atoms with van der Waals surface area (Å²) in [5.74, 6) is -0.427. The monoisotopic (exact) mass is 571 g/mol. The van der Waals surface area contributed by atoms with Crippen LogP contribution in [0, 0.1) is 6.92 Å². The molecule has 0 spiro atoms. The molecule has 11 heteroatoms. The molecule has 0 saturated carbocycles. The molecule has 202 valence electrons. The first-order valence-corrected chi connectivity index (χ1v) is 14.3. The van der Waals surface area contributed by atoms with Crippen LogP contribution < -0.4 is 15.8 Å². The standard InChI is InChI=1S/C28H24F3N3O3S2/c1-17-4-2-5-23(25(17)18-7-10-21(11-8-18)28(29,30)31)26(35)33-22-12-9-19-15-27(32,16-20(19)14-22)34-39(36,37)24-6-3-13-38-24/h2-14,34H,15-16,32H2,1H3,(H,33,35)/t27-/m0/s1. The lowest BCUT2D eigenvalue weighted by Crippen LogP contribution is -2.56. The Hall–Kier alpha value is -3.51. The van der Waals surface area contributed by atoms with Crippen molar-refractivity contribution in [2.45, 2.75) is 35.8 Å². The molecule has 3 aromatic carbocycles. The van der Waals surface area contributed by atoms with E-state index in [0.29, 0.717) is 22.4 Å². The van der Waals surface area contributed by atoms with Crippen molar-refractivity contribution in [3.63, 3.8) is 0 Å². The van der Waals surface area contributed by atoms with Gasteiger partial charge in [0.15, 0.2) is 0 Å². The molecule has 1 aliphatic rings. The van der Waals surface area contributed by atoms with Crippen LogP contribution in [0.2, 0.25) is 0 Å². The number of hydrogen-bond donors (Lipinski definition) is 3. The number of nitrogens with one attached hydrogen (secondary N) is 2. The molecule has 1 atom stereocenters. The van der Waals surface area contributed by atoms with E-state index >= 15 is 0 Å². The fourth-order valence-corrected chi connectivity index (χ4v) is 7.14. The highest BCUT2D eigenvalue weighted by Gasteiger charge is 2.38. The van der Waals surface area contributed by atoms with Gasteiger partial charge in [0, 0.05) is 24.1 Å². The zero-order valence-electron chi connectivity index (χ0n) is 20.7. The van der Waals surface area contributed by atoms with Crippen LogP contribution in [0.3, 0.4) is 0 Å². The summed E-state index contributed by atoms with van der Waals surface area (Å²) in [6.45, 7) is 1.79. The zero-order valence-corrected chi connectivity index (χ0v) is 22.3. The predicted octanol–water partition coefficient (Wildman–Crippen LogP) is 5.73. The number of fused-ring (bicyclic) bond motifs is 1. The van der Waals surface area contributed by atoms with E-state index in [0.717, 1.165) is 40.2 Å². The van der Waals surface area contributed by atoms with E-state index in [1.54, 1.807) is 54.8 Å². The first kappa shape index (κ1) is 27.1. The molecule has 0 bridgehead atoms. The van der Waals surface area contributed by atoms with Gasteiger partial charge in [-0.15, -0.1) is 11.3 Å². The number of aryl methyl sites for hydroxylation is 1. The average Bonchev–Trinajstić information content (AvgIpc) is 3.51. The second-order valence-corrected chi connectivity index (χ2v) is 12.4. The van der Waals surface area contributed by atoms with Gasteiger partial charge in [-0.05, 0) is 76.5 Å². The lowest BCUT2D eigenvalue weighted by molar-refractivity contribution is -0.137. The minimum absolute atomic E-state index is 0.179. The summed E-state index contributed by atoms with van der Waals surface area (Å²) >= 11 is 1.10. The van der Waals surface area contributed by atoms with Crippen LogP contribution in [0.1, 0.15) is 32.6 Å². The van der Waals surface area contributed by atoms with E-state index in [9.17, 15) is 26.4 Å². The van der Waals surface area contributed by atoms with E-state index < -0.39 is 33.3 Å². The summed E-state index contributed by atoms with van der Waals surface area (Å²) in [6, 6.07) is 18.3. The van der Waals surface area contributed by atoms with E-state index in [2.05, 4.69) is 10.0 Å². The predicted molar refractivity (Wildman–Crippen MR) is 145 cm³/mol. The SMILES string of the molecule is Cc1cccc(C(=O)Nc2ccc3c(c2)C[C@@](N)(NS(=O)(=O)c2cccs2)C3)c1-c1ccc(C(F)(F)F)cc1. The summed E-state index contributed by atoms with van der Waals surface area (Å²) in [6.07, 6.45) is -3.93. The lowest BCUT2D eigenvalue weighted by atomic mass is 9.93. The molecule has 1 amide bonds. The molecule has 1 aliphatic carbocycles. The number of nitrogens with two attached hydrogens (primary N) is 1. The molecule has 0 aliphatic heterocycles. The summed E-state index contributed by atoms with van der Waals surface area (Å²) < 4.78 is 67.3. The maximum atomic E-state index is 13.3. The maximum Gasteiger partial charge on any atom is 0.416 e. The van der Waals surface area contributed by atoms with Gasteiger partial charge in [-0.1, -0.05) is 36.4 Å². The Balaban J connectivity index is 1.36. The summed E-state index contributed by atoms with van der Waals surface area (Å²) in [7, 11) is -3.78. The van der Waals surface area contributed by atoms with Gasteiger partial charge >= 0.3 is 6.18 Å². The Labute approximate surface area is 227 Å².